The summed E-state index contributed by atoms with van der Waals surface area (Å²) in [7, 11) is 1.64. The number of amides is 1. The zero-order valence-corrected chi connectivity index (χ0v) is 19.0. The van der Waals surface area contributed by atoms with Gasteiger partial charge in [-0.3, -0.25) is 14.5 Å². The molecule has 0 saturated carbocycles. The van der Waals surface area contributed by atoms with Crippen molar-refractivity contribution < 1.29 is 14.3 Å². The van der Waals surface area contributed by atoms with Crippen molar-refractivity contribution in [1.29, 1.82) is 0 Å². The normalized spacial score (nSPS) is 14.4. The first-order valence-corrected chi connectivity index (χ1v) is 11.4. The second kappa shape index (κ2) is 11.0. The summed E-state index contributed by atoms with van der Waals surface area (Å²) in [6.07, 6.45) is 1.70. The number of rotatable bonds is 9. The van der Waals surface area contributed by atoms with Crippen molar-refractivity contribution in [3.63, 3.8) is 0 Å². The van der Waals surface area contributed by atoms with Gasteiger partial charge in [0.05, 0.1) is 18.0 Å². The van der Waals surface area contributed by atoms with Gasteiger partial charge in [0, 0.05) is 45.6 Å². The highest BCUT2D eigenvalue weighted by Gasteiger charge is 2.20. The maximum absolute atomic E-state index is 12.6. The number of aromatic nitrogens is 2. The van der Waals surface area contributed by atoms with Gasteiger partial charge in [-0.25, -0.2) is 4.98 Å². The first kappa shape index (κ1) is 22.8. The maximum atomic E-state index is 12.6. The van der Waals surface area contributed by atoms with Gasteiger partial charge in [-0.05, 0) is 42.8 Å². The molecule has 3 aromatic rings. The van der Waals surface area contributed by atoms with Gasteiger partial charge >= 0.3 is 0 Å². The van der Waals surface area contributed by atoms with E-state index in [9.17, 15) is 9.59 Å². The smallest absolute Gasteiger partial charge is 0.258 e. The molecule has 1 aliphatic heterocycles. The van der Waals surface area contributed by atoms with E-state index >= 15 is 0 Å². The first-order valence-electron chi connectivity index (χ1n) is 11.4. The van der Waals surface area contributed by atoms with Crippen molar-refractivity contribution in [3.05, 3.63) is 64.7 Å². The molecule has 33 heavy (non-hydrogen) atoms. The van der Waals surface area contributed by atoms with Crippen molar-refractivity contribution >= 4 is 16.8 Å². The molecule has 1 fully saturated rings. The molecule has 174 valence electrons. The molecular formula is C25H30N4O4. The van der Waals surface area contributed by atoms with Crippen molar-refractivity contribution in [3.8, 4) is 11.5 Å². The highest BCUT2D eigenvalue weighted by atomic mass is 16.5. The molecule has 1 saturated heterocycles. The Labute approximate surface area is 193 Å². The minimum atomic E-state index is -0.131. The van der Waals surface area contributed by atoms with E-state index in [1.165, 1.54) is 0 Å². The van der Waals surface area contributed by atoms with Gasteiger partial charge in [-0.15, -0.1) is 0 Å². The van der Waals surface area contributed by atoms with E-state index in [0.29, 0.717) is 42.6 Å². The van der Waals surface area contributed by atoms with E-state index in [-0.39, 0.29) is 11.5 Å². The molecule has 0 spiro atoms. The molecule has 2 heterocycles. The van der Waals surface area contributed by atoms with Gasteiger partial charge in [0.2, 0.25) is 5.91 Å². The van der Waals surface area contributed by atoms with E-state index in [1.807, 2.05) is 47.4 Å². The lowest BCUT2D eigenvalue weighted by Gasteiger charge is -2.34. The van der Waals surface area contributed by atoms with E-state index in [2.05, 4.69) is 14.9 Å². The summed E-state index contributed by atoms with van der Waals surface area (Å²) in [5.74, 6) is 2.43. The predicted octanol–water partition coefficient (Wildman–Crippen LogP) is 2.48. The fourth-order valence-corrected chi connectivity index (χ4v) is 4.00. The third-order valence-electron chi connectivity index (χ3n) is 5.93. The van der Waals surface area contributed by atoms with Crippen LogP contribution in [0, 0.1) is 0 Å². The molecule has 0 bridgehead atoms. The third kappa shape index (κ3) is 6.10. The number of hydrogen-bond acceptors (Lipinski definition) is 6. The lowest BCUT2D eigenvalue weighted by atomic mass is 10.2. The minimum Gasteiger partial charge on any atom is -0.497 e. The van der Waals surface area contributed by atoms with Gasteiger partial charge in [0.15, 0.2) is 0 Å². The van der Waals surface area contributed by atoms with Crippen LogP contribution in [0.5, 0.6) is 11.5 Å². The van der Waals surface area contributed by atoms with E-state index in [1.54, 1.807) is 13.2 Å². The number of fused-ring (bicyclic) bond motifs is 1. The summed E-state index contributed by atoms with van der Waals surface area (Å²) >= 11 is 0. The van der Waals surface area contributed by atoms with E-state index in [0.717, 1.165) is 44.2 Å². The van der Waals surface area contributed by atoms with Crippen molar-refractivity contribution in [2.45, 2.75) is 19.3 Å². The highest BCUT2D eigenvalue weighted by Crippen LogP contribution is 2.17. The molecule has 0 atom stereocenters. The third-order valence-corrected chi connectivity index (χ3v) is 5.93. The number of para-hydroxylation sites is 1. The molecule has 4 rings (SSSR count). The number of nitrogens with zero attached hydrogens (tertiary/aromatic N) is 3. The number of hydrogen-bond donors (Lipinski definition) is 1. The van der Waals surface area contributed by atoms with Crippen LogP contribution < -0.4 is 15.0 Å². The molecule has 0 radical (unpaired) electrons. The number of piperazine rings is 1. The summed E-state index contributed by atoms with van der Waals surface area (Å²) in [4.78, 5) is 36.4. The number of nitrogens with one attached hydrogen (secondary N) is 1. The SMILES string of the molecule is COc1ccc(OCCN2CCN(C(=O)CCCc3nc4ccccc4c(=O)[nH]3)CC2)cc1. The molecule has 0 aliphatic carbocycles. The molecule has 1 aliphatic rings. The number of methoxy groups -OCH3 is 1. The topological polar surface area (TPSA) is 87.8 Å². The van der Waals surface area contributed by atoms with Crippen LogP contribution in [0.15, 0.2) is 53.3 Å². The predicted molar refractivity (Wildman–Crippen MR) is 127 cm³/mol. The van der Waals surface area contributed by atoms with Crippen LogP contribution in [0.2, 0.25) is 0 Å². The number of aromatic amines is 1. The summed E-state index contributed by atoms with van der Waals surface area (Å²) < 4.78 is 11.0. The van der Waals surface area contributed by atoms with Crippen LogP contribution >= 0.6 is 0 Å². The molecule has 0 unspecified atom stereocenters. The summed E-state index contributed by atoms with van der Waals surface area (Å²) in [5, 5.41) is 0.588. The van der Waals surface area contributed by atoms with Crippen LogP contribution in [0.4, 0.5) is 0 Å². The molecular weight excluding hydrogens is 420 g/mol. The summed E-state index contributed by atoms with van der Waals surface area (Å²) in [5.41, 5.74) is 0.559. The zero-order chi connectivity index (χ0) is 23.0. The van der Waals surface area contributed by atoms with Gasteiger partial charge in [-0.1, -0.05) is 12.1 Å². The Kier molecular flexibility index (Phi) is 7.57. The summed E-state index contributed by atoms with van der Waals surface area (Å²) in [6, 6.07) is 14.9. The molecule has 1 aromatic heterocycles. The number of carbonyl (C=O) groups excluding carboxylic acids is 1. The minimum absolute atomic E-state index is 0.131. The van der Waals surface area contributed by atoms with Crippen LogP contribution in [-0.4, -0.2) is 72.1 Å². The number of aryl methyl sites for hydroxylation is 1. The van der Waals surface area contributed by atoms with E-state index < -0.39 is 0 Å². The van der Waals surface area contributed by atoms with Gasteiger partial charge in [-0.2, -0.15) is 0 Å². The molecule has 8 nitrogen and oxygen atoms in total. The Morgan fingerprint density at radius 1 is 1.03 bits per heavy atom. The van der Waals surface area contributed by atoms with Crippen LogP contribution in [0.1, 0.15) is 18.7 Å². The first-order chi connectivity index (χ1) is 16.1. The fourth-order valence-electron chi connectivity index (χ4n) is 4.00. The Hall–Kier alpha value is -3.39. The highest BCUT2D eigenvalue weighted by molar-refractivity contribution is 5.77. The average Bonchev–Trinajstić information content (AvgIpc) is 2.85. The average molecular weight is 451 g/mol. The second-order valence-electron chi connectivity index (χ2n) is 8.13. The van der Waals surface area contributed by atoms with Gasteiger partial charge in [0.1, 0.15) is 23.9 Å². The molecule has 1 N–H and O–H groups in total. The molecule has 8 heteroatoms. The Balaban J connectivity index is 1.15. The summed E-state index contributed by atoms with van der Waals surface area (Å²) in [6.45, 7) is 4.58. The number of carbonyl (C=O) groups is 1. The standard InChI is InChI=1S/C25H30N4O4/c1-32-19-9-11-20(12-10-19)33-18-17-28-13-15-29(16-14-28)24(30)8-4-7-23-26-22-6-3-2-5-21(22)25(31)27-23/h2-3,5-6,9-12H,4,7-8,13-18H2,1H3,(H,26,27,31). The zero-order valence-electron chi connectivity index (χ0n) is 19.0. The number of ether oxygens (including phenoxy) is 2. The second-order valence-corrected chi connectivity index (χ2v) is 8.13. The fraction of sp³-hybridized carbons (Fsp3) is 0.400. The quantitative estimate of drug-likeness (QED) is 0.539. The molecule has 1 amide bonds. The monoisotopic (exact) mass is 450 g/mol. The Morgan fingerprint density at radius 3 is 2.52 bits per heavy atom. The Bertz CT molecular complexity index is 1120. The lowest BCUT2D eigenvalue weighted by molar-refractivity contribution is -0.133. The Morgan fingerprint density at radius 2 is 1.76 bits per heavy atom. The van der Waals surface area contributed by atoms with Gasteiger partial charge < -0.3 is 19.4 Å². The van der Waals surface area contributed by atoms with Crippen LogP contribution in [0.3, 0.4) is 0 Å². The van der Waals surface area contributed by atoms with Crippen molar-refractivity contribution in [2.24, 2.45) is 0 Å². The van der Waals surface area contributed by atoms with Crippen LogP contribution in [-0.2, 0) is 11.2 Å². The largest absolute Gasteiger partial charge is 0.497 e. The maximum Gasteiger partial charge on any atom is 0.258 e. The van der Waals surface area contributed by atoms with Crippen LogP contribution in [0.25, 0.3) is 10.9 Å². The number of benzene rings is 2. The van der Waals surface area contributed by atoms with Crippen molar-refractivity contribution in [1.82, 2.24) is 19.8 Å². The lowest BCUT2D eigenvalue weighted by Crippen LogP contribution is -2.49. The molecule has 2 aromatic carbocycles. The van der Waals surface area contributed by atoms with E-state index in [4.69, 9.17) is 9.47 Å². The number of H-pyrrole nitrogens is 1. The van der Waals surface area contributed by atoms with Gasteiger partial charge in [0.25, 0.3) is 5.56 Å². The van der Waals surface area contributed by atoms with Crippen molar-refractivity contribution in [2.75, 3.05) is 46.4 Å².